The van der Waals surface area contributed by atoms with Gasteiger partial charge in [-0.05, 0) is 55.5 Å². The van der Waals surface area contributed by atoms with Crippen LogP contribution in [0.5, 0.6) is 0 Å². The number of aryl methyl sites for hydroxylation is 1. The molecule has 29 heavy (non-hydrogen) atoms. The Morgan fingerprint density at radius 1 is 1.10 bits per heavy atom. The van der Waals surface area contributed by atoms with Gasteiger partial charge in [-0.15, -0.1) is 6.42 Å². The van der Waals surface area contributed by atoms with Crippen LogP contribution in [0.15, 0.2) is 76.2 Å². The molecular weight excluding hydrogens is 388 g/mol. The fourth-order valence-electron chi connectivity index (χ4n) is 2.70. The van der Waals surface area contributed by atoms with Gasteiger partial charge in [0.2, 0.25) is 0 Å². The third-order valence-electron chi connectivity index (χ3n) is 4.21. The Hall–Kier alpha value is -3.50. The molecule has 0 spiro atoms. The Labute approximate surface area is 170 Å². The first-order valence-corrected chi connectivity index (χ1v) is 10.3. The maximum absolute atomic E-state index is 12.8. The van der Waals surface area contributed by atoms with Crippen molar-refractivity contribution in [3.8, 4) is 12.3 Å². The SMILES string of the molecule is C#CCN(Cc1ccco1)C(=O)c1ccc(S(=O)(=O)Nc2ccc(C)cc2)cc1. The van der Waals surface area contributed by atoms with Gasteiger partial charge in [0.05, 0.1) is 24.2 Å². The van der Waals surface area contributed by atoms with Gasteiger partial charge in [-0.25, -0.2) is 8.42 Å². The molecule has 0 atom stereocenters. The minimum absolute atomic E-state index is 0.0594. The van der Waals surface area contributed by atoms with E-state index < -0.39 is 10.0 Å². The first kappa shape index (κ1) is 20.2. The topological polar surface area (TPSA) is 79.6 Å². The average molecular weight is 408 g/mol. The van der Waals surface area contributed by atoms with Gasteiger partial charge in [-0.3, -0.25) is 9.52 Å². The Balaban J connectivity index is 1.76. The van der Waals surface area contributed by atoms with E-state index in [2.05, 4.69) is 10.6 Å². The highest BCUT2D eigenvalue weighted by Crippen LogP contribution is 2.18. The summed E-state index contributed by atoms with van der Waals surface area (Å²) in [7, 11) is -3.76. The number of amides is 1. The predicted molar refractivity (Wildman–Crippen MR) is 111 cm³/mol. The molecule has 6 nitrogen and oxygen atoms in total. The lowest BCUT2D eigenvalue weighted by Crippen LogP contribution is -2.30. The fraction of sp³-hybridized carbons (Fsp3) is 0.136. The Bertz CT molecular complexity index is 1110. The van der Waals surface area contributed by atoms with Crippen LogP contribution in [-0.4, -0.2) is 25.8 Å². The third-order valence-corrected chi connectivity index (χ3v) is 5.61. The van der Waals surface area contributed by atoms with Crippen LogP contribution in [0.3, 0.4) is 0 Å². The number of nitrogens with zero attached hydrogens (tertiary/aromatic N) is 1. The molecule has 7 heteroatoms. The molecule has 2 aromatic carbocycles. The van der Waals surface area contributed by atoms with Crippen molar-refractivity contribution in [2.24, 2.45) is 0 Å². The summed E-state index contributed by atoms with van der Waals surface area (Å²) in [5, 5.41) is 0. The Morgan fingerprint density at radius 2 is 1.79 bits per heavy atom. The maximum Gasteiger partial charge on any atom is 0.261 e. The number of carbonyl (C=O) groups excluding carboxylic acids is 1. The fourth-order valence-corrected chi connectivity index (χ4v) is 3.75. The number of carbonyl (C=O) groups is 1. The summed E-state index contributed by atoms with van der Waals surface area (Å²) in [6.07, 6.45) is 6.90. The quantitative estimate of drug-likeness (QED) is 0.605. The van der Waals surface area contributed by atoms with Crippen molar-refractivity contribution in [3.63, 3.8) is 0 Å². The molecule has 3 aromatic rings. The molecule has 0 unspecified atom stereocenters. The summed E-state index contributed by atoms with van der Waals surface area (Å²) >= 11 is 0. The summed E-state index contributed by atoms with van der Waals surface area (Å²) < 4.78 is 32.9. The number of nitrogens with one attached hydrogen (secondary N) is 1. The van der Waals surface area contributed by atoms with Gasteiger partial charge in [-0.1, -0.05) is 23.6 Å². The van der Waals surface area contributed by atoms with E-state index in [1.54, 1.807) is 24.3 Å². The van der Waals surface area contributed by atoms with Crippen LogP contribution < -0.4 is 4.72 Å². The van der Waals surface area contributed by atoms with E-state index in [0.717, 1.165) is 5.56 Å². The van der Waals surface area contributed by atoms with E-state index >= 15 is 0 Å². The van der Waals surface area contributed by atoms with Crippen molar-refractivity contribution in [1.82, 2.24) is 4.90 Å². The minimum Gasteiger partial charge on any atom is -0.467 e. The number of anilines is 1. The molecule has 0 bridgehead atoms. The summed E-state index contributed by atoms with van der Waals surface area (Å²) in [6, 6.07) is 16.2. The Morgan fingerprint density at radius 3 is 2.38 bits per heavy atom. The molecular formula is C22H20N2O4S. The lowest BCUT2D eigenvalue weighted by Gasteiger charge is -2.19. The standard InChI is InChI=1S/C22H20N2O4S/c1-3-14-24(16-20-5-4-15-28-20)22(25)18-8-12-21(13-9-18)29(26,27)23-19-10-6-17(2)7-11-19/h1,4-13,15,23H,14,16H2,2H3. The predicted octanol–water partition coefficient (Wildman–Crippen LogP) is 3.66. The van der Waals surface area contributed by atoms with E-state index in [4.69, 9.17) is 10.8 Å². The van der Waals surface area contributed by atoms with Gasteiger partial charge < -0.3 is 9.32 Å². The summed E-state index contributed by atoms with van der Waals surface area (Å²) in [5.74, 6) is 2.75. The second-order valence-electron chi connectivity index (χ2n) is 6.44. The van der Waals surface area contributed by atoms with Gasteiger partial charge in [0.25, 0.3) is 15.9 Å². The van der Waals surface area contributed by atoms with Crippen molar-refractivity contribution in [2.45, 2.75) is 18.4 Å². The zero-order valence-corrected chi connectivity index (χ0v) is 16.6. The number of rotatable bonds is 7. The molecule has 1 heterocycles. The van der Waals surface area contributed by atoms with Gasteiger partial charge in [0.15, 0.2) is 0 Å². The van der Waals surface area contributed by atoms with Gasteiger partial charge in [-0.2, -0.15) is 0 Å². The molecule has 1 aromatic heterocycles. The highest BCUT2D eigenvalue weighted by Gasteiger charge is 2.19. The van der Waals surface area contributed by atoms with Crippen LogP contribution in [0.25, 0.3) is 0 Å². The second kappa shape index (κ2) is 8.67. The van der Waals surface area contributed by atoms with E-state index in [0.29, 0.717) is 17.0 Å². The third kappa shape index (κ3) is 5.06. The van der Waals surface area contributed by atoms with Gasteiger partial charge in [0.1, 0.15) is 5.76 Å². The van der Waals surface area contributed by atoms with Crippen molar-refractivity contribution in [2.75, 3.05) is 11.3 Å². The molecule has 0 aliphatic heterocycles. The lowest BCUT2D eigenvalue weighted by molar-refractivity contribution is 0.0755. The molecule has 1 amide bonds. The molecule has 0 aliphatic rings. The summed E-state index contributed by atoms with van der Waals surface area (Å²) in [6.45, 7) is 2.25. The molecule has 3 rings (SSSR count). The van der Waals surface area contributed by atoms with E-state index in [-0.39, 0.29) is 23.9 Å². The van der Waals surface area contributed by atoms with E-state index in [9.17, 15) is 13.2 Å². The van der Waals surface area contributed by atoms with E-state index in [1.165, 1.54) is 35.4 Å². The smallest absolute Gasteiger partial charge is 0.261 e. The number of hydrogen-bond donors (Lipinski definition) is 1. The number of sulfonamides is 1. The van der Waals surface area contributed by atoms with Crippen LogP contribution in [0.2, 0.25) is 0 Å². The normalized spacial score (nSPS) is 10.9. The van der Waals surface area contributed by atoms with Crippen LogP contribution in [-0.2, 0) is 16.6 Å². The zero-order valence-electron chi connectivity index (χ0n) is 15.8. The van der Waals surface area contributed by atoms with E-state index in [1.807, 2.05) is 19.1 Å². The highest BCUT2D eigenvalue weighted by molar-refractivity contribution is 7.92. The monoisotopic (exact) mass is 408 g/mol. The maximum atomic E-state index is 12.8. The molecule has 0 saturated heterocycles. The zero-order chi connectivity index (χ0) is 20.9. The highest BCUT2D eigenvalue weighted by atomic mass is 32.2. The van der Waals surface area contributed by atoms with Crippen LogP contribution in [0, 0.1) is 19.3 Å². The van der Waals surface area contributed by atoms with Crippen molar-refractivity contribution in [1.29, 1.82) is 0 Å². The summed E-state index contributed by atoms with van der Waals surface area (Å²) in [5.41, 5.74) is 1.83. The van der Waals surface area contributed by atoms with Gasteiger partial charge in [0, 0.05) is 11.3 Å². The number of furan rings is 1. The molecule has 0 radical (unpaired) electrons. The minimum atomic E-state index is -3.76. The number of terminal acetylenes is 1. The Kier molecular flexibility index (Phi) is 6.05. The van der Waals surface area contributed by atoms with Crippen LogP contribution in [0.4, 0.5) is 5.69 Å². The molecule has 1 N–H and O–H groups in total. The molecule has 0 saturated carbocycles. The second-order valence-corrected chi connectivity index (χ2v) is 8.12. The van der Waals surface area contributed by atoms with Crippen LogP contribution in [0.1, 0.15) is 21.7 Å². The van der Waals surface area contributed by atoms with Crippen molar-refractivity contribution < 1.29 is 17.6 Å². The van der Waals surface area contributed by atoms with Gasteiger partial charge >= 0.3 is 0 Å². The lowest BCUT2D eigenvalue weighted by atomic mass is 10.2. The first-order chi connectivity index (χ1) is 13.9. The van der Waals surface area contributed by atoms with Crippen molar-refractivity contribution >= 4 is 21.6 Å². The molecule has 0 fully saturated rings. The average Bonchev–Trinajstić information content (AvgIpc) is 3.22. The molecule has 0 aliphatic carbocycles. The molecule has 148 valence electrons. The van der Waals surface area contributed by atoms with Crippen LogP contribution >= 0.6 is 0 Å². The summed E-state index contributed by atoms with van der Waals surface area (Å²) in [4.78, 5) is 14.3. The number of hydrogen-bond acceptors (Lipinski definition) is 4. The largest absolute Gasteiger partial charge is 0.467 e. The number of benzene rings is 2. The van der Waals surface area contributed by atoms with Crippen molar-refractivity contribution in [3.05, 3.63) is 83.8 Å². The first-order valence-electron chi connectivity index (χ1n) is 8.84.